The number of esters is 1. The van der Waals surface area contributed by atoms with Crippen LogP contribution in [0.4, 0.5) is 4.39 Å². The van der Waals surface area contributed by atoms with E-state index < -0.39 is 17.8 Å². The molecule has 5 heteroatoms. The summed E-state index contributed by atoms with van der Waals surface area (Å²) in [6.07, 6.45) is 0. The van der Waals surface area contributed by atoms with Crippen LogP contribution >= 0.6 is 0 Å². The van der Waals surface area contributed by atoms with Crippen LogP contribution < -0.4 is 10.5 Å². The summed E-state index contributed by atoms with van der Waals surface area (Å²) in [6, 6.07) is 3.10. The number of methoxy groups -OCH3 is 2. The topological polar surface area (TPSA) is 61.5 Å². The molecule has 0 aliphatic rings. The van der Waals surface area contributed by atoms with E-state index in [9.17, 15) is 9.18 Å². The third-order valence-electron chi connectivity index (χ3n) is 1.99. The number of rotatable bonds is 3. The number of benzene rings is 1. The molecule has 0 unspecified atom stereocenters. The molecule has 0 heterocycles. The average molecular weight is 213 g/mol. The van der Waals surface area contributed by atoms with E-state index in [1.807, 2.05) is 0 Å². The number of carbonyl (C=O) groups is 1. The number of carbonyl (C=O) groups excluding carboxylic acids is 1. The van der Waals surface area contributed by atoms with Gasteiger partial charge in [-0.25, -0.2) is 4.39 Å². The molecule has 0 aliphatic carbocycles. The largest absolute Gasteiger partial charge is 0.494 e. The molecule has 0 radical (unpaired) electrons. The van der Waals surface area contributed by atoms with Crippen LogP contribution in [0.25, 0.3) is 0 Å². The van der Waals surface area contributed by atoms with Crippen molar-refractivity contribution in [1.29, 1.82) is 0 Å². The summed E-state index contributed by atoms with van der Waals surface area (Å²) in [5.41, 5.74) is 5.87. The van der Waals surface area contributed by atoms with Crippen molar-refractivity contribution in [1.82, 2.24) is 0 Å². The van der Waals surface area contributed by atoms with Gasteiger partial charge in [0.05, 0.1) is 14.2 Å². The lowest BCUT2D eigenvalue weighted by molar-refractivity contribution is -0.142. The summed E-state index contributed by atoms with van der Waals surface area (Å²) in [5, 5.41) is 0. The fraction of sp³-hybridized carbons (Fsp3) is 0.300. The molecule has 1 aromatic carbocycles. The van der Waals surface area contributed by atoms with Crippen LogP contribution in [0.1, 0.15) is 11.6 Å². The van der Waals surface area contributed by atoms with E-state index in [-0.39, 0.29) is 5.75 Å². The molecule has 0 aromatic heterocycles. The molecule has 1 atom stereocenters. The van der Waals surface area contributed by atoms with Gasteiger partial charge in [-0.05, 0) is 17.7 Å². The molecule has 4 nitrogen and oxygen atoms in total. The fourth-order valence-electron chi connectivity index (χ4n) is 1.14. The molecule has 1 rings (SSSR count). The highest BCUT2D eigenvalue weighted by Gasteiger charge is 2.17. The zero-order valence-corrected chi connectivity index (χ0v) is 8.49. The smallest absolute Gasteiger partial charge is 0.327 e. The lowest BCUT2D eigenvalue weighted by Gasteiger charge is -2.10. The van der Waals surface area contributed by atoms with Crippen LogP contribution in [-0.4, -0.2) is 20.2 Å². The Kier molecular flexibility index (Phi) is 3.62. The molecule has 15 heavy (non-hydrogen) atoms. The Bertz CT molecular complexity index is 368. The molecule has 82 valence electrons. The second-order valence-electron chi connectivity index (χ2n) is 2.89. The van der Waals surface area contributed by atoms with E-state index in [2.05, 4.69) is 4.74 Å². The summed E-state index contributed by atoms with van der Waals surface area (Å²) >= 11 is 0. The molecular weight excluding hydrogens is 201 g/mol. The minimum atomic E-state index is -0.976. The van der Waals surface area contributed by atoms with E-state index in [1.165, 1.54) is 26.4 Å². The number of hydrogen-bond acceptors (Lipinski definition) is 4. The summed E-state index contributed by atoms with van der Waals surface area (Å²) in [4.78, 5) is 11.1. The van der Waals surface area contributed by atoms with Gasteiger partial charge in [-0.3, -0.25) is 4.79 Å². The quantitative estimate of drug-likeness (QED) is 0.761. The molecule has 0 saturated carbocycles. The van der Waals surface area contributed by atoms with Crippen LogP contribution in [0.2, 0.25) is 0 Å². The average Bonchev–Trinajstić information content (AvgIpc) is 2.26. The third kappa shape index (κ3) is 2.44. The van der Waals surface area contributed by atoms with Gasteiger partial charge >= 0.3 is 5.97 Å². The second-order valence-corrected chi connectivity index (χ2v) is 2.89. The maximum Gasteiger partial charge on any atom is 0.327 e. The molecule has 0 spiro atoms. The lowest BCUT2D eigenvalue weighted by Crippen LogP contribution is -2.22. The molecule has 2 N–H and O–H groups in total. The van der Waals surface area contributed by atoms with Crippen molar-refractivity contribution >= 4 is 5.97 Å². The van der Waals surface area contributed by atoms with Crippen molar-refractivity contribution in [3.63, 3.8) is 0 Å². The standard InChI is InChI=1S/C10H12FNO3/c1-14-8-4-3-6(5-7(8)11)9(12)10(13)15-2/h3-5,9H,12H2,1-2H3/t9-/m1/s1. The highest BCUT2D eigenvalue weighted by Crippen LogP contribution is 2.21. The van der Waals surface area contributed by atoms with E-state index in [0.717, 1.165) is 6.07 Å². The Labute approximate surface area is 86.8 Å². The van der Waals surface area contributed by atoms with Gasteiger partial charge in [0, 0.05) is 0 Å². The molecule has 0 fully saturated rings. The fourth-order valence-corrected chi connectivity index (χ4v) is 1.14. The van der Waals surface area contributed by atoms with Crippen LogP contribution in [0.5, 0.6) is 5.75 Å². The van der Waals surface area contributed by atoms with Crippen molar-refractivity contribution in [2.24, 2.45) is 5.73 Å². The summed E-state index contributed by atoms with van der Waals surface area (Å²) in [5.74, 6) is -1.07. The minimum absolute atomic E-state index is 0.107. The maximum atomic E-state index is 13.2. The van der Waals surface area contributed by atoms with Crippen molar-refractivity contribution < 1.29 is 18.7 Å². The number of hydrogen-bond donors (Lipinski definition) is 1. The van der Waals surface area contributed by atoms with Crippen molar-refractivity contribution in [3.8, 4) is 5.75 Å². The molecule has 1 aromatic rings. The van der Waals surface area contributed by atoms with Gasteiger partial charge in [0.25, 0.3) is 0 Å². The van der Waals surface area contributed by atoms with Crippen LogP contribution in [-0.2, 0) is 9.53 Å². The zero-order chi connectivity index (χ0) is 11.4. The Morgan fingerprint density at radius 1 is 1.47 bits per heavy atom. The van der Waals surface area contributed by atoms with Crippen LogP contribution in [0.3, 0.4) is 0 Å². The number of ether oxygens (including phenoxy) is 2. The van der Waals surface area contributed by atoms with Crippen LogP contribution in [0, 0.1) is 5.82 Å². The van der Waals surface area contributed by atoms with E-state index in [4.69, 9.17) is 10.5 Å². The maximum absolute atomic E-state index is 13.2. The Morgan fingerprint density at radius 2 is 2.13 bits per heavy atom. The van der Waals surface area contributed by atoms with Gasteiger partial charge in [-0.15, -0.1) is 0 Å². The van der Waals surface area contributed by atoms with E-state index in [1.54, 1.807) is 0 Å². The Morgan fingerprint density at radius 3 is 2.60 bits per heavy atom. The van der Waals surface area contributed by atoms with Gasteiger partial charge in [-0.1, -0.05) is 6.07 Å². The third-order valence-corrected chi connectivity index (χ3v) is 1.99. The second kappa shape index (κ2) is 4.75. The first kappa shape index (κ1) is 11.5. The highest BCUT2D eigenvalue weighted by atomic mass is 19.1. The van der Waals surface area contributed by atoms with Gasteiger partial charge in [0.15, 0.2) is 11.6 Å². The van der Waals surface area contributed by atoms with E-state index >= 15 is 0 Å². The van der Waals surface area contributed by atoms with E-state index in [0.29, 0.717) is 5.56 Å². The van der Waals surface area contributed by atoms with Gasteiger partial charge < -0.3 is 15.2 Å². The molecule has 0 aliphatic heterocycles. The molecule has 0 saturated heterocycles. The molecular formula is C10H12FNO3. The minimum Gasteiger partial charge on any atom is -0.494 e. The van der Waals surface area contributed by atoms with Gasteiger partial charge in [-0.2, -0.15) is 0 Å². The van der Waals surface area contributed by atoms with Crippen LogP contribution in [0.15, 0.2) is 18.2 Å². The highest BCUT2D eigenvalue weighted by molar-refractivity contribution is 5.77. The molecule has 0 amide bonds. The van der Waals surface area contributed by atoms with Crippen molar-refractivity contribution in [2.45, 2.75) is 6.04 Å². The zero-order valence-electron chi connectivity index (χ0n) is 8.49. The van der Waals surface area contributed by atoms with Gasteiger partial charge in [0.2, 0.25) is 0 Å². The predicted molar refractivity (Wildman–Crippen MR) is 51.9 cm³/mol. The number of halogens is 1. The summed E-state index contributed by atoms with van der Waals surface area (Å²) in [6.45, 7) is 0. The number of nitrogens with two attached hydrogens (primary N) is 1. The Balaban J connectivity index is 2.97. The SMILES string of the molecule is COC(=O)[C@H](N)c1ccc(OC)c(F)c1. The summed E-state index contributed by atoms with van der Waals surface area (Å²) in [7, 11) is 2.58. The lowest BCUT2D eigenvalue weighted by atomic mass is 10.1. The van der Waals surface area contributed by atoms with Crippen molar-refractivity contribution in [3.05, 3.63) is 29.6 Å². The first-order valence-corrected chi connectivity index (χ1v) is 4.27. The predicted octanol–water partition coefficient (Wildman–Crippen LogP) is 1.01. The normalized spacial score (nSPS) is 12.0. The first-order chi connectivity index (χ1) is 7.10. The first-order valence-electron chi connectivity index (χ1n) is 4.27. The monoisotopic (exact) mass is 213 g/mol. The summed E-state index contributed by atoms with van der Waals surface area (Å²) < 4.78 is 22.4. The van der Waals surface area contributed by atoms with Gasteiger partial charge in [0.1, 0.15) is 6.04 Å². The van der Waals surface area contributed by atoms with Crippen molar-refractivity contribution in [2.75, 3.05) is 14.2 Å². The molecule has 0 bridgehead atoms. The Hall–Kier alpha value is -1.62.